The van der Waals surface area contributed by atoms with Gasteiger partial charge in [-0.15, -0.1) is 0 Å². The first-order valence-corrected chi connectivity index (χ1v) is 9.44. The van der Waals surface area contributed by atoms with E-state index in [2.05, 4.69) is 30.0 Å². The second-order valence-electron chi connectivity index (χ2n) is 7.55. The normalized spacial score (nSPS) is 26.3. The Morgan fingerprint density at radius 2 is 2.11 bits per heavy atom. The smallest absolute Gasteiger partial charge is 0.253 e. The van der Waals surface area contributed by atoms with E-state index < -0.39 is 5.60 Å². The minimum atomic E-state index is -0.396. The number of fused-ring (bicyclic) bond motifs is 1. The van der Waals surface area contributed by atoms with Gasteiger partial charge in [-0.05, 0) is 44.5 Å². The summed E-state index contributed by atoms with van der Waals surface area (Å²) in [5.74, 6) is -0.384. The van der Waals surface area contributed by atoms with Crippen LogP contribution in [0.3, 0.4) is 0 Å². The quantitative estimate of drug-likeness (QED) is 0.827. The highest BCUT2D eigenvalue weighted by Crippen LogP contribution is 2.36. The number of ether oxygens (including phenoxy) is 1. The van der Waals surface area contributed by atoms with Crippen LogP contribution in [-0.4, -0.2) is 51.9 Å². The van der Waals surface area contributed by atoms with Gasteiger partial charge in [0.1, 0.15) is 12.4 Å². The molecule has 2 saturated heterocycles. The molecule has 2 aliphatic heterocycles. The number of benzene rings is 1. The van der Waals surface area contributed by atoms with Crippen LogP contribution in [0.5, 0.6) is 0 Å². The number of carbonyl (C=O) groups excluding carboxylic acids is 1. The van der Waals surface area contributed by atoms with E-state index in [1.807, 2.05) is 10.9 Å². The number of hydrogen-bond acceptors (Lipinski definition) is 4. The summed E-state index contributed by atoms with van der Waals surface area (Å²) in [4.78, 5) is 16.8. The lowest BCUT2D eigenvalue weighted by atomic mass is 9.85. The van der Waals surface area contributed by atoms with Crippen molar-refractivity contribution in [3.05, 3.63) is 48.0 Å². The summed E-state index contributed by atoms with van der Waals surface area (Å²) in [6.07, 6.45) is 4.80. The van der Waals surface area contributed by atoms with Gasteiger partial charge in [0.25, 0.3) is 5.91 Å². The monoisotopic (exact) mass is 372 g/mol. The van der Waals surface area contributed by atoms with Crippen LogP contribution >= 0.6 is 0 Å². The fourth-order valence-electron chi connectivity index (χ4n) is 4.06. The van der Waals surface area contributed by atoms with E-state index in [1.54, 1.807) is 17.0 Å². The molecule has 0 bridgehead atoms. The number of morpholine rings is 1. The second kappa shape index (κ2) is 7.05. The molecule has 0 saturated carbocycles. The van der Waals surface area contributed by atoms with Crippen LogP contribution in [0.25, 0.3) is 0 Å². The van der Waals surface area contributed by atoms with E-state index in [4.69, 9.17) is 4.74 Å². The molecule has 4 rings (SSSR count). The van der Waals surface area contributed by atoms with Crippen LogP contribution in [-0.2, 0) is 22.6 Å². The van der Waals surface area contributed by atoms with Gasteiger partial charge in [-0.2, -0.15) is 5.10 Å². The molecule has 2 atom stereocenters. The van der Waals surface area contributed by atoms with Gasteiger partial charge in [-0.3, -0.25) is 14.4 Å². The zero-order chi connectivity index (χ0) is 19.0. The van der Waals surface area contributed by atoms with Crippen molar-refractivity contribution in [1.29, 1.82) is 0 Å². The topological polar surface area (TPSA) is 50.6 Å². The highest BCUT2D eigenvalue weighted by atomic mass is 19.1. The number of carbonyl (C=O) groups is 1. The average Bonchev–Trinajstić information content (AvgIpc) is 3.12. The van der Waals surface area contributed by atoms with E-state index in [9.17, 15) is 9.18 Å². The largest absolute Gasteiger partial charge is 0.363 e. The number of rotatable bonds is 4. The lowest BCUT2D eigenvalue weighted by Gasteiger charge is -2.52. The molecule has 2 aromatic rings. The second-order valence-corrected chi connectivity index (χ2v) is 7.55. The Morgan fingerprint density at radius 3 is 2.81 bits per heavy atom. The van der Waals surface area contributed by atoms with Gasteiger partial charge in [-0.1, -0.05) is 0 Å². The number of likely N-dealkylation sites (tertiary alicyclic amines) is 1. The van der Waals surface area contributed by atoms with Crippen molar-refractivity contribution in [3.8, 4) is 0 Å². The average molecular weight is 372 g/mol. The first-order chi connectivity index (χ1) is 13.0. The van der Waals surface area contributed by atoms with Crippen molar-refractivity contribution in [3.63, 3.8) is 0 Å². The Bertz CT molecular complexity index is 822. The SMILES string of the molecule is CCn1cc(CN2CC[C@@]3(C)OCC(=O)N(c4ccc(F)cc4)[C@@H]3C2)cn1. The molecule has 7 heteroatoms. The molecule has 2 aliphatic rings. The summed E-state index contributed by atoms with van der Waals surface area (Å²) in [6, 6.07) is 6.02. The predicted molar refractivity (Wildman–Crippen MR) is 99.8 cm³/mol. The standard InChI is InChI=1S/C20H25FN4O2/c1-3-24-12-15(10-22-24)11-23-9-8-20(2)18(13-23)25(19(26)14-27-20)17-6-4-16(21)5-7-17/h4-7,10,12,18H,3,8-9,11,13-14H2,1-2H3/t18-,20-/m1/s1. The van der Waals surface area contributed by atoms with Gasteiger partial charge in [0.2, 0.25) is 0 Å². The lowest BCUT2D eigenvalue weighted by molar-refractivity contribution is -0.150. The van der Waals surface area contributed by atoms with Gasteiger partial charge >= 0.3 is 0 Å². The molecule has 3 heterocycles. The van der Waals surface area contributed by atoms with Crippen LogP contribution in [0.15, 0.2) is 36.7 Å². The van der Waals surface area contributed by atoms with E-state index in [0.717, 1.165) is 37.3 Å². The fourth-order valence-corrected chi connectivity index (χ4v) is 4.06. The number of hydrogen-bond donors (Lipinski definition) is 0. The van der Waals surface area contributed by atoms with Crippen molar-refractivity contribution < 1.29 is 13.9 Å². The fraction of sp³-hybridized carbons (Fsp3) is 0.500. The number of aryl methyl sites for hydroxylation is 1. The molecule has 1 amide bonds. The van der Waals surface area contributed by atoms with Crippen LogP contribution in [0.1, 0.15) is 25.8 Å². The van der Waals surface area contributed by atoms with Crippen LogP contribution in [0.2, 0.25) is 0 Å². The maximum Gasteiger partial charge on any atom is 0.253 e. The van der Waals surface area contributed by atoms with Crippen LogP contribution < -0.4 is 4.90 Å². The first kappa shape index (κ1) is 18.1. The van der Waals surface area contributed by atoms with Gasteiger partial charge in [0.05, 0.1) is 17.8 Å². The molecule has 0 N–H and O–H groups in total. The Balaban J connectivity index is 1.57. The molecule has 6 nitrogen and oxygen atoms in total. The maximum atomic E-state index is 13.4. The van der Waals surface area contributed by atoms with E-state index in [0.29, 0.717) is 6.54 Å². The summed E-state index contributed by atoms with van der Waals surface area (Å²) >= 11 is 0. The Hall–Kier alpha value is -2.25. The zero-order valence-electron chi connectivity index (χ0n) is 15.8. The molecule has 0 radical (unpaired) electrons. The Kier molecular flexibility index (Phi) is 4.74. The highest BCUT2D eigenvalue weighted by Gasteiger charge is 2.49. The third kappa shape index (κ3) is 3.49. The zero-order valence-corrected chi connectivity index (χ0v) is 15.8. The summed E-state index contributed by atoms with van der Waals surface area (Å²) in [5, 5.41) is 4.34. The third-order valence-corrected chi connectivity index (χ3v) is 5.69. The van der Waals surface area contributed by atoms with Gasteiger partial charge in [-0.25, -0.2) is 4.39 Å². The summed E-state index contributed by atoms with van der Waals surface area (Å²) < 4.78 is 21.2. The predicted octanol–water partition coefficient (Wildman–Crippen LogP) is 2.44. The molecule has 1 aromatic heterocycles. The van der Waals surface area contributed by atoms with Gasteiger partial charge in [0, 0.05) is 43.6 Å². The number of amides is 1. The minimum absolute atomic E-state index is 0.0631. The lowest BCUT2D eigenvalue weighted by Crippen LogP contribution is -2.67. The van der Waals surface area contributed by atoms with E-state index in [-0.39, 0.29) is 24.4 Å². The van der Waals surface area contributed by atoms with Crippen molar-refractivity contribution in [2.45, 2.75) is 45.0 Å². The molecule has 0 spiro atoms. The molecule has 144 valence electrons. The molecule has 0 unspecified atom stereocenters. The molecule has 2 fully saturated rings. The molecule has 0 aliphatic carbocycles. The third-order valence-electron chi connectivity index (χ3n) is 5.69. The van der Waals surface area contributed by atoms with Crippen molar-refractivity contribution in [2.24, 2.45) is 0 Å². The molecular weight excluding hydrogens is 347 g/mol. The van der Waals surface area contributed by atoms with Gasteiger partial charge in [0.15, 0.2) is 0 Å². The first-order valence-electron chi connectivity index (χ1n) is 9.44. The summed E-state index contributed by atoms with van der Waals surface area (Å²) in [6.45, 7) is 7.45. The summed E-state index contributed by atoms with van der Waals surface area (Å²) in [7, 11) is 0. The number of halogens is 1. The van der Waals surface area contributed by atoms with Crippen LogP contribution in [0.4, 0.5) is 10.1 Å². The van der Waals surface area contributed by atoms with E-state index >= 15 is 0 Å². The van der Waals surface area contributed by atoms with E-state index in [1.165, 1.54) is 12.1 Å². The summed E-state index contributed by atoms with van der Waals surface area (Å²) in [5.41, 5.74) is 1.49. The number of aromatic nitrogens is 2. The number of anilines is 1. The van der Waals surface area contributed by atoms with Crippen molar-refractivity contribution in [1.82, 2.24) is 14.7 Å². The molecule has 27 heavy (non-hydrogen) atoms. The number of nitrogens with zero attached hydrogens (tertiary/aromatic N) is 4. The van der Waals surface area contributed by atoms with Crippen LogP contribution in [0, 0.1) is 5.82 Å². The van der Waals surface area contributed by atoms with Crippen molar-refractivity contribution in [2.75, 3.05) is 24.6 Å². The molecular formula is C20H25FN4O2. The van der Waals surface area contributed by atoms with Gasteiger partial charge < -0.3 is 9.64 Å². The molecule has 1 aromatic carbocycles. The number of piperidine rings is 1. The Morgan fingerprint density at radius 1 is 1.33 bits per heavy atom. The maximum absolute atomic E-state index is 13.4. The highest BCUT2D eigenvalue weighted by molar-refractivity contribution is 5.96. The van der Waals surface area contributed by atoms with Crippen molar-refractivity contribution >= 4 is 11.6 Å². The Labute approximate surface area is 158 Å². The minimum Gasteiger partial charge on any atom is -0.363 e.